The van der Waals surface area contributed by atoms with E-state index in [1.807, 2.05) is 37.3 Å². The minimum absolute atomic E-state index is 0.171. The molecule has 1 aliphatic rings. The van der Waals surface area contributed by atoms with Crippen molar-refractivity contribution < 1.29 is 19.1 Å². The zero-order chi connectivity index (χ0) is 26.2. The Morgan fingerprint density at radius 2 is 1.55 bits per heavy atom. The topological polar surface area (TPSA) is 98.2 Å². The van der Waals surface area contributed by atoms with E-state index in [1.165, 1.54) is 17.7 Å². The monoisotopic (exact) mass is 519 g/mol. The van der Waals surface area contributed by atoms with Gasteiger partial charge in [0.25, 0.3) is 0 Å². The second kappa shape index (κ2) is 9.64. The molecule has 0 amide bonds. The smallest absolute Gasteiger partial charge is 0.348 e. The van der Waals surface area contributed by atoms with Crippen LogP contribution in [0.3, 0.4) is 0 Å². The number of hydrogen-bond donors (Lipinski definition) is 1. The molecule has 1 N–H and O–H groups in total. The average molecular weight is 520 g/mol. The van der Waals surface area contributed by atoms with Crippen molar-refractivity contribution in [2.75, 3.05) is 11.9 Å². The highest BCUT2D eigenvalue weighted by Gasteiger charge is 2.29. The van der Waals surface area contributed by atoms with Crippen molar-refractivity contribution in [3.63, 3.8) is 0 Å². The van der Waals surface area contributed by atoms with Crippen LogP contribution in [0, 0.1) is 6.92 Å². The second-order valence-electron chi connectivity index (χ2n) is 8.92. The molecule has 3 aromatic carbocycles. The highest BCUT2D eigenvalue weighted by atomic mass is 32.1. The van der Waals surface area contributed by atoms with Crippen LogP contribution in [0.1, 0.15) is 52.6 Å². The fourth-order valence-corrected chi connectivity index (χ4v) is 5.69. The largest absolute Gasteiger partial charge is 0.461 e. The number of nitrogens with zero attached hydrogens (tertiary/aromatic N) is 2. The van der Waals surface area contributed by atoms with Crippen LogP contribution < -0.4 is 5.32 Å². The van der Waals surface area contributed by atoms with Crippen LogP contribution in [0.15, 0.2) is 79.1 Å². The molecular formula is C30H21N3O4S. The molecule has 5 aromatic rings. The molecule has 0 spiro atoms. The van der Waals surface area contributed by atoms with Crippen molar-refractivity contribution >= 4 is 50.6 Å². The Morgan fingerprint density at radius 3 is 2.32 bits per heavy atom. The number of carbonyl (C=O) groups is 3. The lowest BCUT2D eigenvalue weighted by atomic mass is 9.84. The summed E-state index contributed by atoms with van der Waals surface area (Å²) in [5.74, 6) is -0.264. The lowest BCUT2D eigenvalue weighted by Crippen LogP contribution is -2.20. The van der Waals surface area contributed by atoms with E-state index in [9.17, 15) is 14.4 Å². The van der Waals surface area contributed by atoms with Crippen LogP contribution in [-0.2, 0) is 11.2 Å². The highest BCUT2D eigenvalue weighted by Crippen LogP contribution is 2.36. The molecule has 0 saturated heterocycles. The zero-order valence-corrected chi connectivity index (χ0v) is 21.2. The van der Waals surface area contributed by atoms with Gasteiger partial charge in [0.05, 0.1) is 12.0 Å². The number of hydrogen-bond acceptors (Lipinski definition) is 8. The molecule has 1 aliphatic carbocycles. The van der Waals surface area contributed by atoms with E-state index in [-0.39, 0.29) is 18.2 Å². The number of carbonyl (C=O) groups excluding carboxylic acids is 3. The van der Waals surface area contributed by atoms with E-state index >= 15 is 0 Å². The van der Waals surface area contributed by atoms with Crippen molar-refractivity contribution in [2.45, 2.75) is 13.3 Å². The summed E-state index contributed by atoms with van der Waals surface area (Å²) < 4.78 is 5.55. The van der Waals surface area contributed by atoms with E-state index in [4.69, 9.17) is 4.74 Å². The van der Waals surface area contributed by atoms with E-state index in [1.54, 1.807) is 42.5 Å². The number of esters is 1. The summed E-state index contributed by atoms with van der Waals surface area (Å²) in [6.07, 6.45) is 2.06. The molecule has 2 heterocycles. The van der Waals surface area contributed by atoms with E-state index < -0.39 is 5.97 Å². The Hall–Kier alpha value is -4.69. The number of aryl methyl sites for hydroxylation is 1. The number of fused-ring (bicyclic) bond motifs is 3. The fraction of sp³-hybridized carbons (Fsp3) is 0.100. The number of ketones is 2. The number of ether oxygens (including phenoxy) is 1. The van der Waals surface area contributed by atoms with Gasteiger partial charge in [0, 0.05) is 34.4 Å². The number of anilines is 2. The number of benzene rings is 3. The van der Waals surface area contributed by atoms with E-state index in [0.717, 1.165) is 11.1 Å². The van der Waals surface area contributed by atoms with Crippen LogP contribution >= 0.6 is 11.3 Å². The SMILES string of the molecule is Cc1c(C(=O)OCCc2ccccc2)sc2ncnc(Nc3ccc4c(c3)C(=O)c3ccccc3C4=O)c12. The fourth-order valence-electron chi connectivity index (χ4n) is 4.65. The Bertz CT molecular complexity index is 1740. The average Bonchev–Trinajstić information content (AvgIpc) is 3.29. The first-order valence-corrected chi connectivity index (χ1v) is 12.9. The van der Waals surface area contributed by atoms with Gasteiger partial charge in [0.1, 0.15) is 21.9 Å². The quantitative estimate of drug-likeness (QED) is 0.273. The number of rotatable bonds is 6. The molecular weight excluding hydrogens is 498 g/mol. The molecule has 0 bridgehead atoms. The van der Waals surface area contributed by atoms with E-state index in [2.05, 4.69) is 15.3 Å². The zero-order valence-electron chi connectivity index (χ0n) is 20.4. The first-order chi connectivity index (χ1) is 18.5. The summed E-state index contributed by atoms with van der Waals surface area (Å²) in [6.45, 7) is 2.12. The normalized spacial score (nSPS) is 12.2. The van der Waals surface area contributed by atoms with Gasteiger partial charge in [-0.25, -0.2) is 14.8 Å². The summed E-state index contributed by atoms with van der Waals surface area (Å²) in [4.78, 5) is 48.8. The lowest BCUT2D eigenvalue weighted by Gasteiger charge is -2.18. The van der Waals surface area contributed by atoms with Gasteiger partial charge in [0.15, 0.2) is 11.6 Å². The maximum atomic E-state index is 13.1. The number of aromatic nitrogens is 2. The minimum Gasteiger partial charge on any atom is -0.461 e. The Kier molecular flexibility index (Phi) is 6.01. The first kappa shape index (κ1) is 23.7. The molecule has 6 rings (SSSR count). The maximum Gasteiger partial charge on any atom is 0.348 e. The van der Waals surface area contributed by atoms with Gasteiger partial charge in [-0.3, -0.25) is 9.59 Å². The van der Waals surface area contributed by atoms with Crippen molar-refractivity contribution in [1.29, 1.82) is 0 Å². The molecule has 0 unspecified atom stereocenters. The van der Waals surface area contributed by atoms with Crippen molar-refractivity contribution in [1.82, 2.24) is 9.97 Å². The molecule has 0 saturated carbocycles. The summed E-state index contributed by atoms with van der Waals surface area (Å²) in [5, 5.41) is 3.96. The van der Waals surface area contributed by atoms with Gasteiger partial charge in [-0.15, -0.1) is 11.3 Å². The third-order valence-electron chi connectivity index (χ3n) is 6.57. The van der Waals surface area contributed by atoms with Gasteiger partial charge >= 0.3 is 5.97 Å². The third kappa shape index (κ3) is 4.14. The molecule has 0 atom stereocenters. The van der Waals surface area contributed by atoms with Gasteiger partial charge < -0.3 is 10.1 Å². The molecule has 8 heteroatoms. The molecule has 0 fully saturated rings. The van der Waals surface area contributed by atoms with E-state index in [0.29, 0.717) is 55.3 Å². The summed E-state index contributed by atoms with van der Waals surface area (Å²) in [6, 6.07) is 21.8. The molecule has 0 aliphatic heterocycles. The van der Waals surface area contributed by atoms with Crippen LogP contribution in [0.5, 0.6) is 0 Å². The molecule has 38 heavy (non-hydrogen) atoms. The van der Waals surface area contributed by atoms with Gasteiger partial charge in [-0.2, -0.15) is 0 Å². The molecule has 186 valence electrons. The van der Waals surface area contributed by atoms with Crippen LogP contribution in [0.2, 0.25) is 0 Å². The summed E-state index contributed by atoms with van der Waals surface area (Å²) in [7, 11) is 0. The number of nitrogens with one attached hydrogen (secondary N) is 1. The number of thiophene rings is 1. The Morgan fingerprint density at radius 1 is 0.868 bits per heavy atom. The summed E-state index contributed by atoms with van der Waals surface area (Å²) in [5.41, 5.74) is 3.95. The third-order valence-corrected chi connectivity index (χ3v) is 7.75. The standard InChI is InChI=1S/C30H21N3O4S/c1-17-24-28(31-16-32-29(24)38-27(17)30(36)37-14-13-18-7-3-2-4-8-18)33-19-11-12-22-23(15-19)26(35)21-10-6-5-9-20(21)25(22)34/h2-12,15-16H,13-14H2,1H3,(H,31,32,33). The lowest BCUT2D eigenvalue weighted by molar-refractivity contribution is 0.0514. The molecule has 2 aromatic heterocycles. The minimum atomic E-state index is -0.399. The highest BCUT2D eigenvalue weighted by molar-refractivity contribution is 7.20. The van der Waals surface area contributed by atoms with Crippen molar-refractivity contribution in [3.8, 4) is 0 Å². The Labute approximate surface area is 222 Å². The predicted molar refractivity (Wildman–Crippen MR) is 146 cm³/mol. The second-order valence-corrected chi connectivity index (χ2v) is 9.92. The van der Waals surface area contributed by atoms with Crippen LogP contribution in [0.4, 0.5) is 11.5 Å². The van der Waals surface area contributed by atoms with Crippen molar-refractivity contribution in [2.24, 2.45) is 0 Å². The van der Waals surface area contributed by atoms with Gasteiger partial charge in [-0.05, 0) is 36.2 Å². The predicted octanol–water partition coefficient (Wildman–Crippen LogP) is 5.92. The van der Waals surface area contributed by atoms with Crippen LogP contribution in [0.25, 0.3) is 10.2 Å². The van der Waals surface area contributed by atoms with Crippen LogP contribution in [-0.4, -0.2) is 34.1 Å². The molecule has 0 radical (unpaired) electrons. The molecule has 7 nitrogen and oxygen atoms in total. The maximum absolute atomic E-state index is 13.1. The van der Waals surface area contributed by atoms with Gasteiger partial charge in [-0.1, -0.05) is 54.6 Å². The Balaban J connectivity index is 1.26. The van der Waals surface area contributed by atoms with Gasteiger partial charge in [0.2, 0.25) is 0 Å². The van der Waals surface area contributed by atoms with Crippen molar-refractivity contribution in [3.05, 3.63) is 117 Å². The summed E-state index contributed by atoms with van der Waals surface area (Å²) >= 11 is 1.25. The first-order valence-electron chi connectivity index (χ1n) is 12.1.